The zero-order chi connectivity index (χ0) is 14.1. The van der Waals surface area contributed by atoms with Gasteiger partial charge in [-0.25, -0.2) is 4.99 Å². The third kappa shape index (κ3) is 2.16. The number of hydrogen-bond acceptors (Lipinski definition) is 3. The van der Waals surface area contributed by atoms with E-state index in [9.17, 15) is 0 Å². The van der Waals surface area contributed by atoms with Crippen LogP contribution in [0.3, 0.4) is 0 Å². The van der Waals surface area contributed by atoms with Crippen molar-refractivity contribution < 1.29 is 0 Å². The molecule has 0 amide bonds. The Balaban J connectivity index is 1.94. The first-order chi connectivity index (χ1) is 9.66. The molecule has 0 radical (unpaired) electrons. The summed E-state index contributed by atoms with van der Waals surface area (Å²) in [4.78, 5) is 6.68. The van der Waals surface area contributed by atoms with Crippen LogP contribution in [0, 0.1) is 6.92 Å². The minimum Gasteiger partial charge on any atom is -0.369 e. The van der Waals surface area contributed by atoms with E-state index < -0.39 is 0 Å². The summed E-state index contributed by atoms with van der Waals surface area (Å²) in [6.45, 7) is 5.10. The lowest BCUT2D eigenvalue weighted by molar-refractivity contribution is 0.320. The first-order valence-corrected chi connectivity index (χ1v) is 6.91. The van der Waals surface area contributed by atoms with Gasteiger partial charge < -0.3 is 10.6 Å². The fourth-order valence-electron chi connectivity index (χ4n) is 2.69. The van der Waals surface area contributed by atoms with Crippen LogP contribution in [0.5, 0.6) is 0 Å². The quantitative estimate of drug-likeness (QED) is 0.902. The summed E-state index contributed by atoms with van der Waals surface area (Å²) < 4.78 is 0. The van der Waals surface area contributed by atoms with Crippen molar-refractivity contribution >= 4 is 11.6 Å². The third-order valence-corrected chi connectivity index (χ3v) is 3.99. The molecule has 3 rings (SSSR count). The first kappa shape index (κ1) is 12.7. The maximum atomic E-state index is 6.16. The molecule has 0 aromatic heterocycles. The molecular weight excluding hydrogens is 246 g/mol. The Morgan fingerprint density at radius 1 is 1.10 bits per heavy atom. The number of aryl methyl sites for hydroxylation is 1. The lowest BCUT2D eigenvalue weighted by Crippen LogP contribution is -2.40. The second-order valence-corrected chi connectivity index (χ2v) is 5.26. The number of fused-ring (bicyclic) bond motifs is 1. The number of aliphatic imine (C=N–C) groups is 1. The fraction of sp³-hybridized carbons (Fsp3) is 0.235. The highest BCUT2D eigenvalue weighted by Gasteiger charge is 2.25. The molecule has 1 atom stereocenters. The lowest BCUT2D eigenvalue weighted by Gasteiger charge is -2.34. The van der Waals surface area contributed by atoms with E-state index in [2.05, 4.69) is 60.1 Å². The standard InChI is InChI=1S/C17H19N3/c1-12-7-3-4-8-14(12)11-20-13(2)15-9-5-6-10-16(15)19-17(20)18/h3-10,13H,11H2,1-2H3,(H2,18,19)/t13-/m1/s1. The van der Waals surface area contributed by atoms with E-state index in [1.165, 1.54) is 16.7 Å². The van der Waals surface area contributed by atoms with Crippen molar-refractivity contribution in [3.8, 4) is 0 Å². The number of para-hydroxylation sites is 1. The zero-order valence-corrected chi connectivity index (χ0v) is 11.9. The molecular formula is C17H19N3. The predicted molar refractivity (Wildman–Crippen MR) is 82.9 cm³/mol. The largest absolute Gasteiger partial charge is 0.369 e. The van der Waals surface area contributed by atoms with Crippen molar-refractivity contribution in [3.63, 3.8) is 0 Å². The van der Waals surface area contributed by atoms with E-state index in [1.807, 2.05) is 12.1 Å². The van der Waals surface area contributed by atoms with E-state index in [4.69, 9.17) is 5.73 Å². The first-order valence-electron chi connectivity index (χ1n) is 6.91. The number of benzene rings is 2. The molecule has 1 heterocycles. The monoisotopic (exact) mass is 265 g/mol. The zero-order valence-electron chi connectivity index (χ0n) is 11.9. The summed E-state index contributed by atoms with van der Waals surface area (Å²) >= 11 is 0. The smallest absolute Gasteiger partial charge is 0.197 e. The molecule has 1 aliphatic heterocycles. The van der Waals surface area contributed by atoms with Gasteiger partial charge in [-0.05, 0) is 31.0 Å². The van der Waals surface area contributed by atoms with Crippen molar-refractivity contribution in [2.24, 2.45) is 10.7 Å². The topological polar surface area (TPSA) is 41.6 Å². The molecule has 2 N–H and O–H groups in total. The molecule has 0 spiro atoms. The number of hydrogen-bond donors (Lipinski definition) is 1. The number of guanidine groups is 1. The van der Waals surface area contributed by atoms with Crippen molar-refractivity contribution in [2.45, 2.75) is 26.4 Å². The molecule has 0 aliphatic carbocycles. The molecule has 0 fully saturated rings. The van der Waals surface area contributed by atoms with Crippen LogP contribution >= 0.6 is 0 Å². The number of nitrogens with two attached hydrogens (primary N) is 1. The molecule has 3 heteroatoms. The number of rotatable bonds is 2. The van der Waals surface area contributed by atoms with Crippen LogP contribution in [0.1, 0.15) is 29.7 Å². The highest BCUT2D eigenvalue weighted by atomic mass is 15.3. The van der Waals surface area contributed by atoms with Crippen LogP contribution in [0.4, 0.5) is 5.69 Å². The molecule has 0 unspecified atom stereocenters. The van der Waals surface area contributed by atoms with Crippen LogP contribution in [0.2, 0.25) is 0 Å². The van der Waals surface area contributed by atoms with Crippen molar-refractivity contribution in [1.29, 1.82) is 0 Å². The maximum absolute atomic E-state index is 6.16. The molecule has 2 aromatic carbocycles. The summed E-state index contributed by atoms with van der Waals surface area (Å²) in [5.74, 6) is 0.597. The van der Waals surface area contributed by atoms with Gasteiger partial charge in [0.25, 0.3) is 0 Å². The molecule has 20 heavy (non-hydrogen) atoms. The maximum Gasteiger partial charge on any atom is 0.197 e. The summed E-state index contributed by atoms with van der Waals surface area (Å²) in [6, 6.07) is 16.8. The Labute approximate surface area is 119 Å². The van der Waals surface area contributed by atoms with Crippen molar-refractivity contribution in [1.82, 2.24) is 4.90 Å². The van der Waals surface area contributed by atoms with Gasteiger partial charge >= 0.3 is 0 Å². The molecule has 3 nitrogen and oxygen atoms in total. The normalized spacial score (nSPS) is 17.6. The van der Waals surface area contributed by atoms with Gasteiger partial charge in [-0.1, -0.05) is 42.5 Å². The molecule has 0 saturated carbocycles. The second-order valence-electron chi connectivity index (χ2n) is 5.26. The van der Waals surface area contributed by atoms with Crippen LogP contribution in [-0.2, 0) is 6.54 Å². The fourth-order valence-corrected chi connectivity index (χ4v) is 2.69. The lowest BCUT2D eigenvalue weighted by atomic mass is 10.0. The minimum atomic E-state index is 0.239. The Kier molecular flexibility index (Phi) is 3.18. The third-order valence-electron chi connectivity index (χ3n) is 3.99. The van der Waals surface area contributed by atoms with Gasteiger partial charge in [0.15, 0.2) is 5.96 Å². The van der Waals surface area contributed by atoms with Crippen molar-refractivity contribution in [2.75, 3.05) is 0 Å². The van der Waals surface area contributed by atoms with Gasteiger partial charge in [0.05, 0.1) is 11.7 Å². The molecule has 0 bridgehead atoms. The Bertz CT molecular complexity index is 661. The molecule has 2 aromatic rings. The van der Waals surface area contributed by atoms with E-state index in [0.717, 1.165) is 12.2 Å². The Hall–Kier alpha value is -2.29. The van der Waals surface area contributed by atoms with Crippen LogP contribution < -0.4 is 5.73 Å². The van der Waals surface area contributed by atoms with E-state index in [1.54, 1.807) is 0 Å². The van der Waals surface area contributed by atoms with Gasteiger partial charge in [-0.15, -0.1) is 0 Å². The second kappa shape index (κ2) is 5.00. The highest BCUT2D eigenvalue weighted by molar-refractivity contribution is 5.84. The minimum absolute atomic E-state index is 0.239. The molecule has 102 valence electrons. The van der Waals surface area contributed by atoms with Gasteiger partial charge in [0.2, 0.25) is 0 Å². The average Bonchev–Trinajstić information content (AvgIpc) is 2.45. The van der Waals surface area contributed by atoms with E-state index in [0.29, 0.717) is 5.96 Å². The van der Waals surface area contributed by atoms with Gasteiger partial charge in [-0.2, -0.15) is 0 Å². The van der Waals surface area contributed by atoms with Gasteiger partial charge in [0.1, 0.15) is 0 Å². The summed E-state index contributed by atoms with van der Waals surface area (Å²) in [5, 5.41) is 0. The predicted octanol–water partition coefficient (Wildman–Crippen LogP) is 3.52. The van der Waals surface area contributed by atoms with Gasteiger partial charge in [0, 0.05) is 12.1 Å². The Morgan fingerprint density at radius 2 is 1.80 bits per heavy atom. The average molecular weight is 265 g/mol. The Morgan fingerprint density at radius 3 is 2.60 bits per heavy atom. The van der Waals surface area contributed by atoms with Crippen LogP contribution in [0.25, 0.3) is 0 Å². The van der Waals surface area contributed by atoms with E-state index in [-0.39, 0.29) is 6.04 Å². The number of nitrogens with zero attached hydrogens (tertiary/aromatic N) is 2. The van der Waals surface area contributed by atoms with Gasteiger partial charge in [-0.3, -0.25) is 0 Å². The SMILES string of the molecule is Cc1ccccc1CN1C(N)=Nc2ccccc2[C@H]1C. The summed E-state index contributed by atoms with van der Waals surface area (Å²) in [6.07, 6.45) is 0. The van der Waals surface area contributed by atoms with Crippen LogP contribution in [0.15, 0.2) is 53.5 Å². The van der Waals surface area contributed by atoms with Crippen LogP contribution in [-0.4, -0.2) is 10.9 Å². The molecule has 1 aliphatic rings. The summed E-state index contributed by atoms with van der Waals surface area (Å²) in [5.41, 5.74) is 10.9. The summed E-state index contributed by atoms with van der Waals surface area (Å²) in [7, 11) is 0. The van der Waals surface area contributed by atoms with E-state index >= 15 is 0 Å². The van der Waals surface area contributed by atoms with Crippen molar-refractivity contribution in [3.05, 3.63) is 65.2 Å². The highest BCUT2D eigenvalue weighted by Crippen LogP contribution is 2.34. The molecule has 0 saturated heterocycles.